The van der Waals surface area contributed by atoms with Gasteiger partial charge in [0, 0.05) is 25.6 Å². The summed E-state index contributed by atoms with van der Waals surface area (Å²) in [6.07, 6.45) is 24.5. The van der Waals surface area contributed by atoms with Gasteiger partial charge in [0.15, 0.2) is 0 Å². The molecule has 1 heterocycles. The molecule has 2 heteroatoms. The lowest BCUT2D eigenvalue weighted by Gasteiger charge is -2.35. The fourth-order valence-electron chi connectivity index (χ4n) is 5.40. The third kappa shape index (κ3) is 16.2. The van der Waals surface area contributed by atoms with Crippen LogP contribution in [-0.2, 0) is 4.74 Å². The molecule has 0 N–H and O–H groups in total. The molecule has 200 valence electrons. The average molecular weight is 476 g/mol. The van der Waals surface area contributed by atoms with Crippen LogP contribution in [0.2, 0.25) is 0 Å². The zero-order valence-electron chi connectivity index (χ0n) is 24.0. The van der Waals surface area contributed by atoms with Gasteiger partial charge in [-0.1, -0.05) is 117 Å². The van der Waals surface area contributed by atoms with E-state index in [0.717, 1.165) is 5.92 Å². The molecule has 0 aromatic rings. The predicted molar refractivity (Wildman–Crippen MR) is 151 cm³/mol. The van der Waals surface area contributed by atoms with Crippen molar-refractivity contribution in [1.82, 2.24) is 4.90 Å². The van der Waals surface area contributed by atoms with E-state index in [0.29, 0.717) is 12.0 Å². The van der Waals surface area contributed by atoms with Gasteiger partial charge < -0.3 is 9.64 Å². The van der Waals surface area contributed by atoms with Crippen LogP contribution in [0.3, 0.4) is 0 Å². The van der Waals surface area contributed by atoms with Crippen molar-refractivity contribution in [1.29, 1.82) is 0 Å². The molecule has 1 aliphatic heterocycles. The molecule has 1 saturated heterocycles. The van der Waals surface area contributed by atoms with Crippen molar-refractivity contribution in [3.8, 4) is 11.8 Å². The van der Waals surface area contributed by atoms with Crippen molar-refractivity contribution < 1.29 is 4.74 Å². The lowest BCUT2D eigenvalue weighted by atomic mass is 9.93. The molecule has 1 aliphatic rings. The second-order valence-electron chi connectivity index (χ2n) is 11.1. The molecule has 0 aromatic carbocycles. The van der Waals surface area contributed by atoms with Crippen LogP contribution in [0.5, 0.6) is 0 Å². The highest BCUT2D eigenvalue weighted by atomic mass is 16.5. The number of unbranched alkanes of at least 4 members (excludes halogenated alkanes) is 8. The van der Waals surface area contributed by atoms with E-state index < -0.39 is 0 Å². The zero-order valence-corrected chi connectivity index (χ0v) is 24.0. The van der Waals surface area contributed by atoms with Gasteiger partial charge in [-0.05, 0) is 51.4 Å². The Morgan fingerprint density at radius 3 is 1.82 bits per heavy atom. The fourth-order valence-corrected chi connectivity index (χ4v) is 5.40. The smallest absolute Gasteiger partial charge is 0.115 e. The molecule has 0 bridgehead atoms. The van der Waals surface area contributed by atoms with Crippen LogP contribution < -0.4 is 0 Å². The summed E-state index contributed by atoms with van der Waals surface area (Å²) >= 11 is 0. The summed E-state index contributed by atoms with van der Waals surface area (Å²) in [6.45, 7) is 15.1. The first-order valence-corrected chi connectivity index (χ1v) is 15.5. The number of hydrogen-bond acceptors (Lipinski definition) is 2. The van der Waals surface area contributed by atoms with E-state index in [-0.39, 0.29) is 6.10 Å². The molecule has 0 amide bonds. The largest absolute Gasteiger partial charge is 0.362 e. The maximum absolute atomic E-state index is 6.40. The Morgan fingerprint density at radius 2 is 1.21 bits per heavy atom. The number of rotatable bonds is 20. The van der Waals surface area contributed by atoms with Crippen molar-refractivity contribution in [3.05, 3.63) is 0 Å². The zero-order chi connectivity index (χ0) is 24.9. The normalized spacial score (nSPS) is 17.8. The number of hydrogen-bond donors (Lipinski definition) is 0. The topological polar surface area (TPSA) is 12.5 Å². The summed E-state index contributed by atoms with van der Waals surface area (Å²) in [6, 6.07) is 0. The van der Waals surface area contributed by atoms with Gasteiger partial charge in [0.05, 0.1) is 6.10 Å². The van der Waals surface area contributed by atoms with Gasteiger partial charge >= 0.3 is 0 Å². The molecule has 3 atom stereocenters. The quantitative estimate of drug-likeness (QED) is 0.128. The van der Waals surface area contributed by atoms with Crippen molar-refractivity contribution in [3.63, 3.8) is 0 Å². The molecule has 34 heavy (non-hydrogen) atoms. The monoisotopic (exact) mass is 475 g/mol. The minimum atomic E-state index is 0.0761. The summed E-state index contributed by atoms with van der Waals surface area (Å²) in [4.78, 5) is 2.74. The molecule has 2 nitrogen and oxygen atoms in total. The number of ether oxygens (including phenoxy) is 1. The molecule has 0 radical (unpaired) electrons. The van der Waals surface area contributed by atoms with Gasteiger partial charge in [-0.25, -0.2) is 0 Å². The summed E-state index contributed by atoms with van der Waals surface area (Å²) in [5.74, 6) is 8.56. The third-order valence-corrected chi connectivity index (χ3v) is 7.68. The lowest BCUT2D eigenvalue weighted by Crippen LogP contribution is -2.40. The Bertz CT molecular complexity index is 499. The van der Waals surface area contributed by atoms with Gasteiger partial charge in [-0.2, -0.15) is 0 Å². The number of likely N-dealkylation sites (tertiary alicyclic amines) is 1. The summed E-state index contributed by atoms with van der Waals surface area (Å²) in [5, 5.41) is 0. The standard InChI is InChI=1S/C32H61NO/c1-6-10-14-17-21-31(20-16-12-8-3)28-33-26-24-32(25-27-33)34-29(5)22-23-30(18-13-9-4)19-15-11-7-2/h29-32H,6-21,24-28H2,1-5H3/t29-,30?,31?/m1/s1. The van der Waals surface area contributed by atoms with Gasteiger partial charge in [-0.3, -0.25) is 0 Å². The Hall–Kier alpha value is -0.520. The fraction of sp³-hybridized carbons (Fsp3) is 0.938. The summed E-state index contributed by atoms with van der Waals surface area (Å²) in [5.41, 5.74) is 0. The van der Waals surface area contributed by atoms with Gasteiger partial charge in [-0.15, -0.1) is 0 Å². The Balaban J connectivity index is 2.40. The molecule has 0 saturated carbocycles. The predicted octanol–water partition coefficient (Wildman–Crippen LogP) is 9.41. The Morgan fingerprint density at radius 1 is 0.676 bits per heavy atom. The Kier molecular flexibility index (Phi) is 20.1. The van der Waals surface area contributed by atoms with Crippen LogP contribution in [0.4, 0.5) is 0 Å². The maximum atomic E-state index is 6.40. The highest BCUT2D eigenvalue weighted by Crippen LogP contribution is 2.23. The van der Waals surface area contributed by atoms with Crippen LogP contribution in [-0.4, -0.2) is 36.7 Å². The first-order chi connectivity index (χ1) is 16.6. The summed E-state index contributed by atoms with van der Waals surface area (Å²) in [7, 11) is 0. The second-order valence-corrected chi connectivity index (χ2v) is 11.1. The highest BCUT2D eigenvalue weighted by Gasteiger charge is 2.23. The number of piperidine rings is 1. The van der Waals surface area contributed by atoms with Gasteiger partial charge in [0.1, 0.15) is 6.10 Å². The van der Waals surface area contributed by atoms with Crippen LogP contribution in [0.15, 0.2) is 0 Å². The Labute approximate surface area is 215 Å². The third-order valence-electron chi connectivity index (χ3n) is 7.68. The van der Waals surface area contributed by atoms with E-state index in [9.17, 15) is 0 Å². The highest BCUT2D eigenvalue weighted by molar-refractivity contribution is 5.07. The molecule has 0 spiro atoms. The molecular formula is C32H61NO. The van der Waals surface area contributed by atoms with Gasteiger partial charge in [0.25, 0.3) is 0 Å². The van der Waals surface area contributed by atoms with E-state index in [1.807, 2.05) is 0 Å². The second kappa shape index (κ2) is 21.7. The van der Waals surface area contributed by atoms with E-state index in [2.05, 4.69) is 51.4 Å². The van der Waals surface area contributed by atoms with Crippen LogP contribution in [0.25, 0.3) is 0 Å². The van der Waals surface area contributed by atoms with Crippen molar-refractivity contribution in [2.24, 2.45) is 11.8 Å². The lowest BCUT2D eigenvalue weighted by molar-refractivity contribution is -0.0146. The van der Waals surface area contributed by atoms with Gasteiger partial charge in [0.2, 0.25) is 0 Å². The molecule has 0 aliphatic carbocycles. The van der Waals surface area contributed by atoms with Crippen LogP contribution in [0.1, 0.15) is 150 Å². The van der Waals surface area contributed by atoms with E-state index in [1.54, 1.807) is 0 Å². The minimum Gasteiger partial charge on any atom is -0.362 e. The van der Waals surface area contributed by atoms with Crippen LogP contribution >= 0.6 is 0 Å². The first kappa shape index (κ1) is 31.5. The molecular weight excluding hydrogens is 414 g/mol. The first-order valence-electron chi connectivity index (χ1n) is 15.5. The van der Waals surface area contributed by atoms with Crippen molar-refractivity contribution >= 4 is 0 Å². The number of nitrogens with zero attached hydrogens (tertiary/aromatic N) is 1. The minimum absolute atomic E-state index is 0.0761. The maximum Gasteiger partial charge on any atom is 0.115 e. The van der Waals surface area contributed by atoms with E-state index in [1.165, 1.54) is 135 Å². The van der Waals surface area contributed by atoms with Crippen LogP contribution in [0, 0.1) is 23.7 Å². The average Bonchev–Trinajstić information content (AvgIpc) is 2.84. The van der Waals surface area contributed by atoms with E-state index >= 15 is 0 Å². The molecule has 0 aromatic heterocycles. The van der Waals surface area contributed by atoms with E-state index in [4.69, 9.17) is 4.74 Å². The molecule has 2 unspecified atom stereocenters. The summed E-state index contributed by atoms with van der Waals surface area (Å²) < 4.78 is 6.40. The molecule has 1 fully saturated rings. The SMILES string of the molecule is CCCCCCC(CCCCC)CN1CCC(O[C@H](C)C#CC(CCCC)CCCCC)CC1. The molecule has 1 rings (SSSR count). The van der Waals surface area contributed by atoms with Crippen molar-refractivity contribution in [2.45, 2.75) is 162 Å². The van der Waals surface area contributed by atoms with Crippen molar-refractivity contribution in [2.75, 3.05) is 19.6 Å².